The fraction of sp³-hybridized carbons (Fsp3) is 0.667. The highest BCUT2D eigenvalue weighted by molar-refractivity contribution is 5.99. The molecule has 0 saturated carbocycles. The quantitative estimate of drug-likeness (QED) is 0.905. The first-order chi connectivity index (χ1) is 9.97. The highest BCUT2D eigenvalue weighted by Crippen LogP contribution is 2.22. The second-order valence-electron chi connectivity index (χ2n) is 5.63. The average molecular weight is 292 g/mol. The maximum absolute atomic E-state index is 12.4. The van der Waals surface area contributed by atoms with Crippen LogP contribution in [0.5, 0.6) is 0 Å². The van der Waals surface area contributed by atoms with Gasteiger partial charge in [0.05, 0.1) is 11.4 Å². The van der Waals surface area contributed by atoms with Crippen molar-refractivity contribution < 1.29 is 9.63 Å². The molecule has 0 aliphatic carbocycles. The SMILES string of the molecule is CCc1nn(C)c(NC(=O)C2CC(C(C)C)=NO2)c1CC. The molecule has 1 atom stereocenters. The van der Waals surface area contributed by atoms with Crippen molar-refractivity contribution >= 4 is 17.4 Å². The summed E-state index contributed by atoms with van der Waals surface area (Å²) in [5.74, 6) is 0.910. The molecule has 0 radical (unpaired) electrons. The zero-order valence-corrected chi connectivity index (χ0v) is 13.4. The van der Waals surface area contributed by atoms with E-state index >= 15 is 0 Å². The number of nitrogens with one attached hydrogen (secondary N) is 1. The molecular formula is C15H24N4O2. The second kappa shape index (κ2) is 6.28. The summed E-state index contributed by atoms with van der Waals surface area (Å²) in [6.07, 6.45) is 1.72. The summed E-state index contributed by atoms with van der Waals surface area (Å²) in [5.41, 5.74) is 3.06. The zero-order valence-electron chi connectivity index (χ0n) is 13.4. The van der Waals surface area contributed by atoms with Gasteiger partial charge in [-0.3, -0.25) is 9.48 Å². The largest absolute Gasteiger partial charge is 0.382 e. The number of hydrogen-bond donors (Lipinski definition) is 1. The molecule has 116 valence electrons. The van der Waals surface area contributed by atoms with E-state index in [-0.39, 0.29) is 5.91 Å². The lowest BCUT2D eigenvalue weighted by molar-refractivity contribution is -0.125. The zero-order chi connectivity index (χ0) is 15.6. The van der Waals surface area contributed by atoms with E-state index < -0.39 is 6.10 Å². The van der Waals surface area contributed by atoms with Gasteiger partial charge in [-0.05, 0) is 18.8 Å². The van der Waals surface area contributed by atoms with Crippen molar-refractivity contribution in [3.63, 3.8) is 0 Å². The summed E-state index contributed by atoms with van der Waals surface area (Å²) in [7, 11) is 1.85. The maximum atomic E-state index is 12.4. The van der Waals surface area contributed by atoms with Crippen LogP contribution in [-0.4, -0.2) is 27.5 Å². The fourth-order valence-electron chi connectivity index (χ4n) is 2.51. The molecule has 1 aliphatic heterocycles. The van der Waals surface area contributed by atoms with Crippen molar-refractivity contribution in [1.82, 2.24) is 9.78 Å². The van der Waals surface area contributed by atoms with Crippen molar-refractivity contribution in [1.29, 1.82) is 0 Å². The molecule has 2 heterocycles. The molecule has 0 aromatic carbocycles. The van der Waals surface area contributed by atoms with Gasteiger partial charge in [0, 0.05) is 19.0 Å². The van der Waals surface area contributed by atoms with Gasteiger partial charge >= 0.3 is 0 Å². The number of rotatable bonds is 5. The van der Waals surface area contributed by atoms with E-state index in [1.807, 2.05) is 20.9 Å². The van der Waals surface area contributed by atoms with E-state index in [0.29, 0.717) is 12.3 Å². The first-order valence-corrected chi connectivity index (χ1v) is 7.56. The molecule has 0 saturated heterocycles. The van der Waals surface area contributed by atoms with Crippen molar-refractivity contribution in [3.8, 4) is 0 Å². The Balaban J connectivity index is 2.09. The van der Waals surface area contributed by atoms with Crippen molar-refractivity contribution in [2.24, 2.45) is 18.1 Å². The molecule has 1 aliphatic rings. The van der Waals surface area contributed by atoms with E-state index in [1.54, 1.807) is 4.68 Å². The topological polar surface area (TPSA) is 68.5 Å². The lowest BCUT2D eigenvalue weighted by Gasteiger charge is -2.11. The number of nitrogens with zero attached hydrogens (tertiary/aromatic N) is 3. The molecule has 2 rings (SSSR count). The van der Waals surface area contributed by atoms with Crippen LogP contribution in [0.25, 0.3) is 0 Å². The van der Waals surface area contributed by atoms with Crippen molar-refractivity contribution in [2.45, 2.75) is 53.1 Å². The Morgan fingerprint density at radius 2 is 2.14 bits per heavy atom. The average Bonchev–Trinajstić information content (AvgIpc) is 3.04. The van der Waals surface area contributed by atoms with Gasteiger partial charge in [-0.15, -0.1) is 0 Å². The number of amides is 1. The molecule has 21 heavy (non-hydrogen) atoms. The van der Waals surface area contributed by atoms with Crippen LogP contribution in [-0.2, 0) is 29.5 Å². The summed E-state index contributed by atoms with van der Waals surface area (Å²) in [6, 6.07) is 0. The number of carbonyl (C=O) groups excluding carboxylic acids is 1. The normalized spacial score (nSPS) is 17.8. The second-order valence-corrected chi connectivity index (χ2v) is 5.63. The van der Waals surface area contributed by atoms with Crippen molar-refractivity contribution in [3.05, 3.63) is 11.3 Å². The first-order valence-electron chi connectivity index (χ1n) is 7.56. The lowest BCUT2D eigenvalue weighted by atomic mass is 10.0. The molecule has 0 fully saturated rings. The van der Waals surface area contributed by atoms with Crippen LogP contribution < -0.4 is 5.32 Å². The van der Waals surface area contributed by atoms with Crippen LogP contribution in [0.2, 0.25) is 0 Å². The monoisotopic (exact) mass is 292 g/mol. The van der Waals surface area contributed by atoms with Crippen LogP contribution in [0.1, 0.15) is 45.4 Å². The summed E-state index contributed by atoms with van der Waals surface area (Å²) in [4.78, 5) is 17.6. The summed E-state index contributed by atoms with van der Waals surface area (Å²) >= 11 is 0. The van der Waals surface area contributed by atoms with E-state index in [0.717, 1.165) is 35.6 Å². The summed E-state index contributed by atoms with van der Waals surface area (Å²) < 4.78 is 1.73. The predicted octanol–water partition coefficient (Wildman–Crippen LogP) is 2.28. The van der Waals surface area contributed by atoms with Gasteiger partial charge in [0.2, 0.25) is 6.10 Å². The smallest absolute Gasteiger partial charge is 0.269 e. The Morgan fingerprint density at radius 3 is 2.67 bits per heavy atom. The van der Waals surface area contributed by atoms with Crippen molar-refractivity contribution in [2.75, 3.05) is 5.32 Å². The Morgan fingerprint density at radius 1 is 1.43 bits per heavy atom. The predicted molar refractivity (Wildman–Crippen MR) is 82.4 cm³/mol. The Bertz CT molecular complexity index is 560. The third kappa shape index (κ3) is 3.09. The van der Waals surface area contributed by atoms with E-state index in [9.17, 15) is 4.79 Å². The van der Waals surface area contributed by atoms with Gasteiger partial charge in [0.1, 0.15) is 5.82 Å². The molecule has 1 unspecified atom stereocenters. The molecule has 6 nitrogen and oxygen atoms in total. The third-order valence-electron chi connectivity index (χ3n) is 3.81. The number of aromatic nitrogens is 2. The molecule has 0 bridgehead atoms. The van der Waals surface area contributed by atoms with Gasteiger partial charge in [-0.1, -0.05) is 32.9 Å². The lowest BCUT2D eigenvalue weighted by Crippen LogP contribution is -2.29. The van der Waals surface area contributed by atoms with Crippen LogP contribution in [0.15, 0.2) is 5.16 Å². The first kappa shape index (κ1) is 15.5. The minimum absolute atomic E-state index is 0.158. The highest BCUT2D eigenvalue weighted by atomic mass is 16.6. The molecule has 1 N–H and O–H groups in total. The Hall–Kier alpha value is -1.85. The molecule has 1 aromatic heterocycles. The molecule has 1 amide bonds. The molecule has 1 aromatic rings. The van der Waals surface area contributed by atoms with E-state index in [1.165, 1.54) is 0 Å². The van der Waals surface area contributed by atoms with Gasteiger partial charge in [-0.25, -0.2) is 0 Å². The minimum Gasteiger partial charge on any atom is -0.382 e. The molecular weight excluding hydrogens is 268 g/mol. The van der Waals surface area contributed by atoms with Gasteiger partial charge in [0.25, 0.3) is 5.91 Å². The van der Waals surface area contributed by atoms with Gasteiger partial charge < -0.3 is 10.2 Å². The van der Waals surface area contributed by atoms with Crippen LogP contribution in [0.4, 0.5) is 5.82 Å². The van der Waals surface area contributed by atoms with E-state index in [4.69, 9.17) is 4.84 Å². The van der Waals surface area contributed by atoms with E-state index in [2.05, 4.69) is 29.4 Å². The maximum Gasteiger partial charge on any atom is 0.269 e. The van der Waals surface area contributed by atoms with Crippen LogP contribution in [0.3, 0.4) is 0 Å². The van der Waals surface area contributed by atoms with Gasteiger partial charge in [0.15, 0.2) is 0 Å². The number of oxime groups is 1. The number of hydrogen-bond acceptors (Lipinski definition) is 4. The number of anilines is 1. The minimum atomic E-state index is -0.535. The Kier molecular flexibility index (Phi) is 4.65. The van der Waals surface area contributed by atoms with Crippen LogP contribution in [0, 0.1) is 5.92 Å². The molecule has 0 spiro atoms. The third-order valence-corrected chi connectivity index (χ3v) is 3.81. The van der Waals surface area contributed by atoms with Crippen LogP contribution >= 0.6 is 0 Å². The number of aryl methyl sites for hydroxylation is 2. The summed E-state index contributed by atoms with van der Waals surface area (Å²) in [6.45, 7) is 8.23. The Labute approximate surface area is 125 Å². The van der Waals surface area contributed by atoms with Gasteiger partial charge in [-0.2, -0.15) is 5.10 Å². The molecule has 6 heteroatoms. The number of carbonyl (C=O) groups is 1. The fourth-order valence-corrected chi connectivity index (χ4v) is 2.51. The summed E-state index contributed by atoms with van der Waals surface area (Å²) in [5, 5.41) is 11.4. The highest BCUT2D eigenvalue weighted by Gasteiger charge is 2.30. The standard InChI is InChI=1S/C15H24N4O2/c1-6-10-11(7-2)17-19(5)14(10)16-15(20)13-8-12(9(3)4)18-21-13/h9,13H,6-8H2,1-5H3,(H,16,20).